The van der Waals surface area contributed by atoms with Crippen molar-refractivity contribution in [3.8, 4) is 0 Å². The summed E-state index contributed by atoms with van der Waals surface area (Å²) in [5.41, 5.74) is 0. The minimum absolute atomic E-state index is 0.108. The van der Waals surface area contributed by atoms with E-state index < -0.39 is 97.5 Å². The van der Waals surface area contributed by atoms with Crippen LogP contribution in [0.4, 0.5) is 0 Å². The van der Waals surface area contributed by atoms with Crippen molar-refractivity contribution in [3.63, 3.8) is 0 Å². The minimum Gasteiger partial charge on any atom is -0.462 e. The summed E-state index contributed by atoms with van der Waals surface area (Å²) >= 11 is 0. The molecule has 0 aromatic heterocycles. The number of unbranched alkanes of at least 4 members (excludes halogenated alkanes) is 58. The van der Waals surface area contributed by atoms with E-state index in [2.05, 4.69) is 41.5 Å². The van der Waals surface area contributed by atoms with Gasteiger partial charge in [-0.05, 0) is 37.5 Å². The van der Waals surface area contributed by atoms with Crippen LogP contribution in [0.15, 0.2) is 0 Å². The second-order valence-electron chi connectivity index (χ2n) is 32.9. The molecule has 0 amide bonds. The molecule has 0 aliphatic heterocycles. The van der Waals surface area contributed by atoms with E-state index >= 15 is 0 Å². The molecule has 0 saturated heterocycles. The van der Waals surface area contributed by atoms with E-state index in [4.69, 9.17) is 37.0 Å². The van der Waals surface area contributed by atoms with Crippen LogP contribution in [0.2, 0.25) is 0 Å². The Morgan fingerprint density at radius 2 is 0.426 bits per heavy atom. The number of phosphoric acid groups is 2. The topological polar surface area (TPSA) is 237 Å². The maximum absolute atomic E-state index is 13.2. The average Bonchev–Trinajstić information content (AvgIpc) is 0.899. The lowest BCUT2D eigenvalue weighted by Gasteiger charge is -2.21. The van der Waals surface area contributed by atoms with Gasteiger partial charge in [0, 0.05) is 25.7 Å². The van der Waals surface area contributed by atoms with Gasteiger partial charge in [0.2, 0.25) is 0 Å². The fourth-order valence-corrected chi connectivity index (χ4v) is 15.5. The molecule has 2 unspecified atom stereocenters. The molecule has 0 rings (SSSR count). The molecule has 0 radical (unpaired) electrons. The summed E-state index contributed by atoms with van der Waals surface area (Å²) < 4.78 is 69.0. The first kappa shape index (κ1) is 106. The molecule has 17 nitrogen and oxygen atoms in total. The van der Waals surface area contributed by atoms with Gasteiger partial charge in [0.05, 0.1) is 26.4 Å². The average molecular weight is 1580 g/mol. The molecular formula is C89H174O17P2. The summed E-state index contributed by atoms with van der Waals surface area (Å²) in [5.74, 6) is -0.563. The number of ether oxygens (including phenoxy) is 4. The zero-order valence-corrected chi connectivity index (χ0v) is 73.0. The molecule has 19 heteroatoms. The Hall–Kier alpha value is -1.94. The van der Waals surface area contributed by atoms with Crippen molar-refractivity contribution < 1.29 is 80.2 Å². The number of rotatable bonds is 88. The van der Waals surface area contributed by atoms with Crippen molar-refractivity contribution in [3.05, 3.63) is 0 Å². The van der Waals surface area contributed by atoms with Gasteiger partial charge in [0.25, 0.3) is 0 Å². The summed E-state index contributed by atoms with van der Waals surface area (Å²) in [7, 11) is -9.93. The number of phosphoric ester groups is 2. The third-order valence-corrected chi connectivity index (χ3v) is 22.9. The van der Waals surface area contributed by atoms with Crippen LogP contribution < -0.4 is 0 Å². The van der Waals surface area contributed by atoms with Crippen LogP contribution in [-0.2, 0) is 65.4 Å². The Labute approximate surface area is 664 Å². The summed E-state index contributed by atoms with van der Waals surface area (Å²) in [6.07, 6.45) is 73.7. The zero-order valence-electron chi connectivity index (χ0n) is 71.2. The monoisotopic (exact) mass is 1580 g/mol. The number of aliphatic hydroxyl groups is 1. The summed E-state index contributed by atoms with van der Waals surface area (Å²) in [6, 6.07) is 0. The molecule has 0 aromatic carbocycles. The third-order valence-electron chi connectivity index (χ3n) is 21.0. The lowest BCUT2D eigenvalue weighted by atomic mass is 10.0. The molecule has 0 aliphatic carbocycles. The molecule has 642 valence electrons. The van der Waals surface area contributed by atoms with Crippen molar-refractivity contribution in [2.24, 2.45) is 11.8 Å². The van der Waals surface area contributed by atoms with Crippen molar-refractivity contribution in [2.75, 3.05) is 39.6 Å². The molecular weight excluding hydrogens is 1400 g/mol. The normalized spacial score (nSPS) is 13.8. The SMILES string of the molecule is CCCCCCCCCCCCCCCCCCCCCC(=O)OC[C@H](COP(=O)(O)OC[C@@H](O)COP(=O)(O)OC[C@@H](COC(=O)CCCCCCCCCCC(C)C)OC(=O)CCCCCCCCCCCCCCCCCCCCC)OC(=O)CCCCCCCCCCCCCCCCCCC(C)C. The van der Waals surface area contributed by atoms with E-state index in [9.17, 15) is 43.2 Å². The Morgan fingerprint density at radius 3 is 0.630 bits per heavy atom. The maximum atomic E-state index is 13.2. The highest BCUT2D eigenvalue weighted by molar-refractivity contribution is 7.47. The fourth-order valence-electron chi connectivity index (χ4n) is 14.0. The molecule has 3 N–H and O–H groups in total. The highest BCUT2D eigenvalue weighted by Gasteiger charge is 2.31. The van der Waals surface area contributed by atoms with Gasteiger partial charge in [-0.1, -0.05) is 427 Å². The second-order valence-corrected chi connectivity index (χ2v) is 35.8. The molecule has 108 heavy (non-hydrogen) atoms. The minimum atomic E-state index is -4.97. The quantitative estimate of drug-likeness (QED) is 0.0222. The Morgan fingerprint density at radius 1 is 0.250 bits per heavy atom. The highest BCUT2D eigenvalue weighted by Crippen LogP contribution is 2.45. The molecule has 0 aliphatic rings. The van der Waals surface area contributed by atoms with E-state index in [1.165, 1.54) is 295 Å². The van der Waals surface area contributed by atoms with Crippen LogP contribution >= 0.6 is 15.6 Å². The van der Waals surface area contributed by atoms with Crippen molar-refractivity contribution in [1.82, 2.24) is 0 Å². The van der Waals surface area contributed by atoms with E-state index in [1.54, 1.807) is 0 Å². The highest BCUT2D eigenvalue weighted by atomic mass is 31.2. The van der Waals surface area contributed by atoms with Crippen LogP contribution in [0.5, 0.6) is 0 Å². The van der Waals surface area contributed by atoms with Crippen molar-refractivity contribution >= 4 is 39.5 Å². The van der Waals surface area contributed by atoms with Crippen molar-refractivity contribution in [1.29, 1.82) is 0 Å². The standard InChI is InChI=1S/C89H174O17P2/c1-7-9-11-13-15-17-19-21-23-25-27-29-34-38-42-46-53-59-65-71-86(91)99-77-84(105-88(93)73-68-62-56-48-44-40-36-32-31-33-37-41-45-51-57-63-69-81(3)4)79-103-107(95,96)101-75-83(90)76-102-108(97,98)104-80-85(78-100-87(92)72-66-60-54-50-49-52-58-64-70-82(5)6)106-89(94)74-67-61-55-47-43-39-35-30-28-26-24-22-20-18-16-14-12-10-8-2/h81-85,90H,7-80H2,1-6H3,(H,95,96)(H,97,98)/t83-,84-,85-/m1/s1. The predicted octanol–water partition coefficient (Wildman–Crippen LogP) is 27.4. The lowest BCUT2D eigenvalue weighted by molar-refractivity contribution is -0.161. The lowest BCUT2D eigenvalue weighted by Crippen LogP contribution is -2.30. The first-order valence-corrected chi connectivity index (χ1v) is 49.0. The first-order chi connectivity index (χ1) is 52.4. The maximum Gasteiger partial charge on any atom is 0.472 e. The van der Waals surface area contributed by atoms with E-state index in [1.807, 2.05) is 0 Å². The summed E-state index contributed by atoms with van der Waals surface area (Å²) in [6.45, 7) is 9.69. The third kappa shape index (κ3) is 82.1. The van der Waals surface area contributed by atoms with E-state index in [0.717, 1.165) is 102 Å². The van der Waals surface area contributed by atoms with Crippen molar-refractivity contribution in [2.45, 2.75) is 496 Å². The van der Waals surface area contributed by atoms with Crippen LogP contribution in [-0.4, -0.2) is 96.7 Å². The van der Waals surface area contributed by atoms with Gasteiger partial charge in [-0.15, -0.1) is 0 Å². The van der Waals surface area contributed by atoms with Crippen LogP contribution in [0, 0.1) is 11.8 Å². The van der Waals surface area contributed by atoms with Gasteiger partial charge in [-0.2, -0.15) is 0 Å². The van der Waals surface area contributed by atoms with Crippen LogP contribution in [0.25, 0.3) is 0 Å². The molecule has 0 aromatic rings. The summed E-state index contributed by atoms with van der Waals surface area (Å²) in [4.78, 5) is 73.3. The van der Waals surface area contributed by atoms with Gasteiger partial charge in [0.1, 0.15) is 19.3 Å². The zero-order chi connectivity index (χ0) is 79.2. The first-order valence-electron chi connectivity index (χ1n) is 46.0. The molecule has 5 atom stereocenters. The Balaban J connectivity index is 5.24. The molecule has 0 saturated carbocycles. The second kappa shape index (κ2) is 80.3. The molecule has 0 bridgehead atoms. The number of carbonyl (C=O) groups is 4. The van der Waals surface area contributed by atoms with Gasteiger partial charge in [-0.25, -0.2) is 9.13 Å². The van der Waals surface area contributed by atoms with E-state index in [0.29, 0.717) is 25.7 Å². The Bertz CT molecular complexity index is 2060. The largest absolute Gasteiger partial charge is 0.472 e. The fraction of sp³-hybridized carbons (Fsp3) is 0.955. The van der Waals surface area contributed by atoms with Gasteiger partial charge < -0.3 is 33.8 Å². The van der Waals surface area contributed by atoms with Gasteiger partial charge >= 0.3 is 39.5 Å². The van der Waals surface area contributed by atoms with Gasteiger partial charge in [-0.3, -0.25) is 37.3 Å². The number of aliphatic hydroxyl groups excluding tert-OH is 1. The smallest absolute Gasteiger partial charge is 0.462 e. The van der Waals surface area contributed by atoms with Crippen LogP contribution in [0.1, 0.15) is 478 Å². The number of hydrogen-bond acceptors (Lipinski definition) is 15. The Kier molecular flexibility index (Phi) is 78.8. The molecule has 0 spiro atoms. The molecule has 0 heterocycles. The van der Waals surface area contributed by atoms with Gasteiger partial charge in [0.15, 0.2) is 12.2 Å². The number of esters is 4. The van der Waals surface area contributed by atoms with E-state index in [-0.39, 0.29) is 25.7 Å². The molecule has 0 fully saturated rings. The number of carbonyl (C=O) groups excluding carboxylic acids is 4. The number of hydrogen-bond donors (Lipinski definition) is 3. The summed E-state index contributed by atoms with van der Waals surface area (Å²) in [5, 5.41) is 10.7. The van der Waals surface area contributed by atoms with Crippen LogP contribution in [0.3, 0.4) is 0 Å². The predicted molar refractivity (Wildman–Crippen MR) is 446 cm³/mol.